The van der Waals surface area contributed by atoms with Crippen molar-refractivity contribution in [1.29, 1.82) is 0 Å². The molecule has 0 N–H and O–H groups in total. The summed E-state index contributed by atoms with van der Waals surface area (Å²) in [5.74, 6) is -0.000989. The van der Waals surface area contributed by atoms with Gasteiger partial charge in [0.25, 0.3) is 0 Å². The highest BCUT2D eigenvalue weighted by atomic mass is 127. The highest BCUT2D eigenvalue weighted by molar-refractivity contribution is 14.1. The first-order valence-electron chi connectivity index (χ1n) is 3.76. The van der Waals surface area contributed by atoms with Crippen molar-refractivity contribution in [3.8, 4) is 0 Å². The zero-order valence-electron chi connectivity index (χ0n) is 7.06. The van der Waals surface area contributed by atoms with E-state index in [1.807, 2.05) is 6.92 Å². The number of halogens is 1. The van der Waals surface area contributed by atoms with Crippen molar-refractivity contribution in [1.82, 2.24) is 0 Å². The van der Waals surface area contributed by atoms with E-state index in [1.54, 1.807) is 0 Å². The van der Waals surface area contributed by atoms with Crippen LogP contribution in [-0.4, -0.2) is 16.5 Å². The standard InChI is InChI=1S/C8H13IO2/c1-5-7(10)11-6(4-9)8(5,2)3/h5-6H,4H2,1-3H3/t5-,6+/m1/s1. The van der Waals surface area contributed by atoms with Crippen molar-refractivity contribution in [2.45, 2.75) is 26.9 Å². The number of alkyl halides is 1. The Morgan fingerprint density at radius 2 is 2.18 bits per heavy atom. The van der Waals surface area contributed by atoms with E-state index in [2.05, 4.69) is 36.4 Å². The molecule has 1 fully saturated rings. The molecule has 1 rings (SSSR count). The van der Waals surface area contributed by atoms with E-state index >= 15 is 0 Å². The second-order valence-corrected chi connectivity index (χ2v) is 4.50. The van der Waals surface area contributed by atoms with Gasteiger partial charge in [-0.05, 0) is 0 Å². The highest BCUT2D eigenvalue weighted by Crippen LogP contribution is 2.40. The summed E-state index contributed by atoms with van der Waals surface area (Å²) >= 11 is 2.26. The number of esters is 1. The first-order valence-corrected chi connectivity index (χ1v) is 5.29. The molecular formula is C8H13IO2. The molecule has 64 valence electrons. The van der Waals surface area contributed by atoms with Crippen molar-refractivity contribution in [2.24, 2.45) is 11.3 Å². The Kier molecular flexibility index (Phi) is 2.46. The highest BCUT2D eigenvalue weighted by Gasteiger charge is 2.47. The summed E-state index contributed by atoms with van der Waals surface area (Å²) in [5, 5.41) is 0. The minimum atomic E-state index is -0.0448. The minimum Gasteiger partial charge on any atom is -0.461 e. The maximum absolute atomic E-state index is 11.1. The summed E-state index contributed by atoms with van der Waals surface area (Å²) in [5.41, 5.74) is 0.0122. The number of carbonyl (C=O) groups is 1. The molecule has 3 heteroatoms. The predicted molar refractivity (Wildman–Crippen MR) is 51.7 cm³/mol. The molecule has 1 saturated heterocycles. The zero-order chi connectivity index (χ0) is 8.65. The molecule has 2 nitrogen and oxygen atoms in total. The molecule has 1 aliphatic rings. The Bertz CT molecular complexity index is 177. The smallest absolute Gasteiger partial charge is 0.309 e. The molecule has 1 aliphatic heterocycles. The summed E-state index contributed by atoms with van der Waals surface area (Å²) in [7, 11) is 0. The molecule has 0 spiro atoms. The maximum atomic E-state index is 11.1. The summed E-state index contributed by atoms with van der Waals surface area (Å²) in [6.45, 7) is 6.12. The van der Waals surface area contributed by atoms with Gasteiger partial charge in [0.15, 0.2) is 0 Å². The van der Waals surface area contributed by atoms with Gasteiger partial charge in [-0.2, -0.15) is 0 Å². The van der Waals surface area contributed by atoms with Crippen LogP contribution in [0.15, 0.2) is 0 Å². The normalized spacial score (nSPS) is 35.5. The second-order valence-electron chi connectivity index (χ2n) is 3.62. The van der Waals surface area contributed by atoms with Gasteiger partial charge >= 0.3 is 5.97 Å². The Hall–Kier alpha value is 0.200. The Morgan fingerprint density at radius 3 is 2.36 bits per heavy atom. The van der Waals surface area contributed by atoms with Crippen LogP contribution in [0.2, 0.25) is 0 Å². The van der Waals surface area contributed by atoms with Gasteiger partial charge in [0.2, 0.25) is 0 Å². The Balaban J connectivity index is 2.82. The van der Waals surface area contributed by atoms with Crippen LogP contribution in [0, 0.1) is 11.3 Å². The molecule has 0 radical (unpaired) electrons. The Labute approximate surface area is 80.8 Å². The lowest BCUT2D eigenvalue weighted by Crippen LogP contribution is -2.30. The number of hydrogen-bond acceptors (Lipinski definition) is 2. The van der Waals surface area contributed by atoms with Gasteiger partial charge in [-0.25, -0.2) is 0 Å². The molecule has 1 heterocycles. The fraction of sp³-hybridized carbons (Fsp3) is 0.875. The van der Waals surface area contributed by atoms with Crippen molar-refractivity contribution >= 4 is 28.6 Å². The third-order valence-corrected chi connectivity index (χ3v) is 3.50. The van der Waals surface area contributed by atoms with Gasteiger partial charge in [-0.3, -0.25) is 4.79 Å². The van der Waals surface area contributed by atoms with Crippen LogP contribution in [-0.2, 0) is 9.53 Å². The molecule has 0 aromatic heterocycles. The average molecular weight is 268 g/mol. The predicted octanol–water partition coefficient (Wildman–Crippen LogP) is 2.01. The molecule has 0 aliphatic carbocycles. The number of carbonyl (C=O) groups excluding carboxylic acids is 1. The number of cyclic esters (lactones) is 1. The minimum absolute atomic E-state index is 0.0122. The summed E-state index contributed by atoms with van der Waals surface area (Å²) in [6, 6.07) is 0. The van der Waals surface area contributed by atoms with Crippen LogP contribution < -0.4 is 0 Å². The third-order valence-electron chi connectivity index (χ3n) is 2.70. The molecule has 0 unspecified atom stereocenters. The van der Waals surface area contributed by atoms with Gasteiger partial charge in [-0.1, -0.05) is 43.4 Å². The van der Waals surface area contributed by atoms with Gasteiger partial charge < -0.3 is 4.74 Å². The van der Waals surface area contributed by atoms with Crippen molar-refractivity contribution < 1.29 is 9.53 Å². The monoisotopic (exact) mass is 268 g/mol. The molecule has 2 atom stereocenters. The fourth-order valence-electron chi connectivity index (χ4n) is 1.21. The number of hydrogen-bond donors (Lipinski definition) is 0. The molecular weight excluding hydrogens is 255 g/mol. The average Bonchev–Trinajstić information content (AvgIpc) is 2.13. The lowest BCUT2D eigenvalue weighted by Gasteiger charge is -2.24. The van der Waals surface area contributed by atoms with Crippen LogP contribution in [0.3, 0.4) is 0 Å². The first-order chi connectivity index (χ1) is 5.00. The second kappa shape index (κ2) is 2.92. The first kappa shape index (κ1) is 9.29. The molecule has 0 saturated carbocycles. The summed E-state index contributed by atoms with van der Waals surface area (Å²) in [4.78, 5) is 11.1. The van der Waals surface area contributed by atoms with E-state index in [9.17, 15) is 4.79 Å². The van der Waals surface area contributed by atoms with Crippen LogP contribution >= 0.6 is 22.6 Å². The van der Waals surface area contributed by atoms with E-state index in [0.29, 0.717) is 0 Å². The summed E-state index contributed by atoms with van der Waals surface area (Å²) < 4.78 is 6.08. The van der Waals surface area contributed by atoms with Crippen LogP contribution in [0.1, 0.15) is 20.8 Å². The van der Waals surface area contributed by atoms with Crippen molar-refractivity contribution in [3.63, 3.8) is 0 Å². The lowest BCUT2D eigenvalue weighted by molar-refractivity contribution is -0.143. The summed E-state index contributed by atoms with van der Waals surface area (Å²) in [6.07, 6.45) is 0.102. The van der Waals surface area contributed by atoms with Gasteiger partial charge in [-0.15, -0.1) is 0 Å². The number of ether oxygens (including phenoxy) is 1. The van der Waals surface area contributed by atoms with Gasteiger partial charge in [0.1, 0.15) is 6.10 Å². The molecule has 0 aromatic carbocycles. The van der Waals surface area contributed by atoms with Crippen LogP contribution in [0.25, 0.3) is 0 Å². The van der Waals surface area contributed by atoms with Crippen LogP contribution in [0.4, 0.5) is 0 Å². The lowest BCUT2D eigenvalue weighted by atomic mass is 9.78. The zero-order valence-corrected chi connectivity index (χ0v) is 9.21. The SMILES string of the molecule is C[C@@H]1C(=O)O[C@@H](CI)C1(C)C. The van der Waals surface area contributed by atoms with Gasteiger partial charge in [0.05, 0.1) is 5.92 Å². The van der Waals surface area contributed by atoms with Crippen molar-refractivity contribution in [2.75, 3.05) is 4.43 Å². The number of rotatable bonds is 1. The fourth-order valence-corrected chi connectivity index (χ4v) is 2.52. The molecule has 0 amide bonds. The maximum Gasteiger partial charge on any atom is 0.309 e. The van der Waals surface area contributed by atoms with E-state index in [-0.39, 0.29) is 23.4 Å². The van der Waals surface area contributed by atoms with E-state index in [0.717, 1.165) is 4.43 Å². The van der Waals surface area contributed by atoms with E-state index < -0.39 is 0 Å². The van der Waals surface area contributed by atoms with E-state index in [4.69, 9.17) is 4.74 Å². The van der Waals surface area contributed by atoms with Crippen LogP contribution in [0.5, 0.6) is 0 Å². The van der Waals surface area contributed by atoms with Gasteiger partial charge in [0, 0.05) is 9.84 Å². The third kappa shape index (κ3) is 1.39. The quantitative estimate of drug-likeness (QED) is 0.413. The Morgan fingerprint density at radius 1 is 1.64 bits per heavy atom. The molecule has 0 bridgehead atoms. The van der Waals surface area contributed by atoms with E-state index in [1.165, 1.54) is 0 Å². The molecule has 0 aromatic rings. The topological polar surface area (TPSA) is 26.3 Å². The largest absolute Gasteiger partial charge is 0.461 e. The van der Waals surface area contributed by atoms with Crippen molar-refractivity contribution in [3.05, 3.63) is 0 Å². The molecule has 11 heavy (non-hydrogen) atoms.